The first kappa shape index (κ1) is 12.5. The third kappa shape index (κ3) is 2.72. The number of thioether (sulfide) groups is 1. The summed E-state index contributed by atoms with van der Waals surface area (Å²) in [6.45, 7) is 3.81. The molecule has 1 aromatic rings. The summed E-state index contributed by atoms with van der Waals surface area (Å²) in [7, 11) is 0. The number of benzene rings is 1. The Morgan fingerprint density at radius 1 is 1.44 bits per heavy atom. The van der Waals surface area contributed by atoms with E-state index >= 15 is 0 Å². The van der Waals surface area contributed by atoms with Crippen molar-refractivity contribution in [1.82, 2.24) is 0 Å². The van der Waals surface area contributed by atoms with Crippen LogP contribution in [-0.4, -0.2) is 11.8 Å². The lowest BCUT2D eigenvalue weighted by molar-refractivity contribution is 0.740. The Morgan fingerprint density at radius 3 is 2.62 bits per heavy atom. The standard InChI is InChI=1S/C13H14N2S/c1-5-13(2,3)15-11-7-6-8-12(16-4)10(11)9-14/h1,6-8,15H,2-4H3. The Labute approximate surface area is 101 Å². The third-order valence-corrected chi connectivity index (χ3v) is 2.95. The fraction of sp³-hybridized carbons (Fsp3) is 0.308. The summed E-state index contributed by atoms with van der Waals surface area (Å²) in [4.78, 5) is 0.959. The van der Waals surface area contributed by atoms with E-state index in [0.29, 0.717) is 5.56 Å². The van der Waals surface area contributed by atoms with Crippen LogP contribution in [0, 0.1) is 23.7 Å². The molecule has 0 radical (unpaired) electrons. The van der Waals surface area contributed by atoms with Gasteiger partial charge >= 0.3 is 0 Å². The minimum atomic E-state index is -0.456. The molecular formula is C13H14N2S. The van der Waals surface area contributed by atoms with Crippen molar-refractivity contribution in [2.24, 2.45) is 0 Å². The van der Waals surface area contributed by atoms with Gasteiger partial charge in [-0.2, -0.15) is 5.26 Å². The zero-order valence-corrected chi connectivity index (χ0v) is 10.5. The highest BCUT2D eigenvalue weighted by molar-refractivity contribution is 7.98. The van der Waals surface area contributed by atoms with Gasteiger partial charge in [0.25, 0.3) is 0 Å². The maximum absolute atomic E-state index is 9.14. The van der Waals surface area contributed by atoms with Crippen LogP contribution >= 0.6 is 11.8 Å². The highest BCUT2D eigenvalue weighted by Crippen LogP contribution is 2.27. The molecule has 1 N–H and O–H groups in total. The molecule has 0 aliphatic carbocycles. The number of nitrogens with zero attached hydrogens (tertiary/aromatic N) is 1. The van der Waals surface area contributed by atoms with E-state index in [9.17, 15) is 0 Å². The predicted molar refractivity (Wildman–Crippen MR) is 69.5 cm³/mol. The molecular weight excluding hydrogens is 216 g/mol. The number of hydrogen-bond donors (Lipinski definition) is 1. The Morgan fingerprint density at radius 2 is 2.12 bits per heavy atom. The fourth-order valence-corrected chi connectivity index (χ4v) is 1.87. The van der Waals surface area contributed by atoms with Crippen molar-refractivity contribution in [2.75, 3.05) is 11.6 Å². The highest BCUT2D eigenvalue weighted by atomic mass is 32.2. The van der Waals surface area contributed by atoms with E-state index < -0.39 is 5.54 Å². The molecule has 1 aromatic carbocycles. The molecule has 0 unspecified atom stereocenters. The van der Waals surface area contributed by atoms with E-state index in [0.717, 1.165) is 10.6 Å². The lowest BCUT2D eigenvalue weighted by atomic mass is 10.1. The molecule has 0 saturated carbocycles. The molecule has 0 heterocycles. The minimum absolute atomic E-state index is 0.456. The fourth-order valence-electron chi connectivity index (χ4n) is 1.29. The zero-order chi connectivity index (χ0) is 12.2. The van der Waals surface area contributed by atoms with Crippen molar-refractivity contribution < 1.29 is 0 Å². The number of hydrogen-bond acceptors (Lipinski definition) is 3. The number of anilines is 1. The van der Waals surface area contributed by atoms with Gasteiger partial charge in [-0.3, -0.25) is 0 Å². The van der Waals surface area contributed by atoms with Crippen LogP contribution < -0.4 is 5.32 Å². The third-order valence-electron chi connectivity index (χ3n) is 2.17. The van der Waals surface area contributed by atoms with E-state index in [-0.39, 0.29) is 0 Å². The SMILES string of the molecule is C#CC(C)(C)Nc1cccc(SC)c1C#N. The van der Waals surface area contributed by atoms with Crippen LogP contribution in [0.3, 0.4) is 0 Å². The summed E-state index contributed by atoms with van der Waals surface area (Å²) in [5, 5.41) is 12.3. The molecule has 1 rings (SSSR count). The molecule has 0 bridgehead atoms. The second kappa shape index (κ2) is 4.96. The summed E-state index contributed by atoms with van der Waals surface area (Å²) in [5.74, 6) is 2.65. The Balaban J connectivity index is 3.17. The van der Waals surface area contributed by atoms with Crippen LogP contribution in [0.15, 0.2) is 23.1 Å². The van der Waals surface area contributed by atoms with Gasteiger partial charge in [-0.05, 0) is 32.2 Å². The summed E-state index contributed by atoms with van der Waals surface area (Å²) < 4.78 is 0. The van der Waals surface area contributed by atoms with Crippen LogP contribution in [0.2, 0.25) is 0 Å². The van der Waals surface area contributed by atoms with Gasteiger partial charge < -0.3 is 5.32 Å². The number of nitriles is 1. The van der Waals surface area contributed by atoms with Crippen molar-refractivity contribution in [3.05, 3.63) is 23.8 Å². The minimum Gasteiger partial charge on any atom is -0.368 e. The average Bonchev–Trinajstić information content (AvgIpc) is 2.28. The van der Waals surface area contributed by atoms with Crippen LogP contribution in [-0.2, 0) is 0 Å². The van der Waals surface area contributed by atoms with Gasteiger partial charge in [0.15, 0.2) is 0 Å². The van der Waals surface area contributed by atoms with E-state index in [4.69, 9.17) is 11.7 Å². The van der Waals surface area contributed by atoms with Gasteiger partial charge in [0.2, 0.25) is 0 Å². The van der Waals surface area contributed by atoms with Gasteiger partial charge in [0.05, 0.1) is 16.8 Å². The number of nitrogens with one attached hydrogen (secondary N) is 1. The summed E-state index contributed by atoms with van der Waals surface area (Å²) in [6.07, 6.45) is 7.37. The van der Waals surface area contributed by atoms with Crippen LogP contribution in [0.5, 0.6) is 0 Å². The molecule has 2 nitrogen and oxygen atoms in total. The predicted octanol–water partition coefficient (Wildman–Crippen LogP) is 3.10. The van der Waals surface area contributed by atoms with E-state index in [1.807, 2.05) is 38.3 Å². The highest BCUT2D eigenvalue weighted by Gasteiger charge is 2.16. The molecule has 16 heavy (non-hydrogen) atoms. The van der Waals surface area contributed by atoms with Crippen molar-refractivity contribution in [2.45, 2.75) is 24.3 Å². The average molecular weight is 230 g/mol. The lowest BCUT2D eigenvalue weighted by Crippen LogP contribution is -2.28. The molecule has 0 fully saturated rings. The number of terminal acetylenes is 1. The second-order valence-corrected chi connectivity index (χ2v) is 4.74. The van der Waals surface area contributed by atoms with E-state index in [1.165, 1.54) is 0 Å². The largest absolute Gasteiger partial charge is 0.368 e. The Bertz CT molecular complexity index is 464. The van der Waals surface area contributed by atoms with E-state index in [2.05, 4.69) is 17.3 Å². The second-order valence-electron chi connectivity index (χ2n) is 3.89. The van der Waals surface area contributed by atoms with Crippen LogP contribution in [0.1, 0.15) is 19.4 Å². The van der Waals surface area contributed by atoms with Gasteiger partial charge in [0.1, 0.15) is 6.07 Å². The van der Waals surface area contributed by atoms with Crippen molar-refractivity contribution in [1.29, 1.82) is 5.26 Å². The molecule has 0 aromatic heterocycles. The summed E-state index contributed by atoms with van der Waals surface area (Å²) in [6, 6.07) is 7.93. The first-order valence-corrected chi connectivity index (χ1v) is 6.09. The maximum atomic E-state index is 9.14. The molecule has 3 heteroatoms. The quantitative estimate of drug-likeness (QED) is 0.640. The van der Waals surface area contributed by atoms with Crippen molar-refractivity contribution in [3.63, 3.8) is 0 Å². The van der Waals surface area contributed by atoms with Crippen molar-refractivity contribution >= 4 is 17.4 Å². The molecule has 0 spiro atoms. The van der Waals surface area contributed by atoms with E-state index in [1.54, 1.807) is 11.8 Å². The zero-order valence-electron chi connectivity index (χ0n) is 9.66. The maximum Gasteiger partial charge on any atom is 0.102 e. The first-order valence-electron chi connectivity index (χ1n) is 4.87. The summed E-state index contributed by atoms with van der Waals surface area (Å²) >= 11 is 1.55. The summed E-state index contributed by atoms with van der Waals surface area (Å²) in [5.41, 5.74) is 0.985. The van der Waals surface area contributed by atoms with Gasteiger partial charge in [-0.1, -0.05) is 12.0 Å². The van der Waals surface area contributed by atoms with Crippen LogP contribution in [0.25, 0.3) is 0 Å². The van der Waals surface area contributed by atoms with Crippen molar-refractivity contribution in [3.8, 4) is 18.4 Å². The normalized spacial score (nSPS) is 10.3. The first-order chi connectivity index (χ1) is 7.54. The molecule has 0 aliphatic rings. The molecule has 0 atom stereocenters. The smallest absolute Gasteiger partial charge is 0.102 e. The monoisotopic (exact) mass is 230 g/mol. The molecule has 0 saturated heterocycles. The molecule has 0 amide bonds. The van der Waals surface area contributed by atoms with Gasteiger partial charge in [0, 0.05) is 4.90 Å². The molecule has 0 aliphatic heterocycles. The Kier molecular flexibility index (Phi) is 3.88. The lowest BCUT2D eigenvalue weighted by Gasteiger charge is -2.22. The van der Waals surface area contributed by atoms with Gasteiger partial charge in [-0.15, -0.1) is 18.2 Å². The van der Waals surface area contributed by atoms with Gasteiger partial charge in [-0.25, -0.2) is 0 Å². The molecule has 82 valence electrons. The Hall–Kier alpha value is -1.58. The van der Waals surface area contributed by atoms with Crippen LogP contribution in [0.4, 0.5) is 5.69 Å². The number of rotatable bonds is 3. The topological polar surface area (TPSA) is 35.8 Å².